The monoisotopic (exact) mass is 251 g/mol. The Labute approximate surface area is 103 Å². The molecule has 1 aromatic rings. The van der Waals surface area contributed by atoms with Crippen molar-refractivity contribution in [3.05, 3.63) is 33.9 Å². The van der Waals surface area contributed by atoms with Gasteiger partial charge in [-0.15, -0.1) is 0 Å². The number of hydrogen-bond acceptors (Lipinski definition) is 6. The highest BCUT2D eigenvalue weighted by molar-refractivity contribution is 5.94. The van der Waals surface area contributed by atoms with Crippen LogP contribution in [0.5, 0.6) is 0 Å². The number of aromatic carboxylic acids is 1. The topological polar surface area (TPSA) is 95.7 Å². The number of benzene rings is 1. The van der Waals surface area contributed by atoms with Crippen molar-refractivity contribution >= 4 is 17.3 Å². The second kappa shape index (κ2) is 5.01. The van der Waals surface area contributed by atoms with Gasteiger partial charge in [0.25, 0.3) is 5.69 Å². The fourth-order valence-electron chi connectivity index (χ4n) is 1.88. The summed E-state index contributed by atoms with van der Waals surface area (Å²) in [5.41, 5.74) is 0.0150. The quantitative estimate of drug-likeness (QED) is 0.545. The zero-order chi connectivity index (χ0) is 13.1. The van der Waals surface area contributed by atoms with Crippen molar-refractivity contribution in [2.24, 2.45) is 0 Å². The third-order valence-electron chi connectivity index (χ3n) is 2.76. The SMILES string of the molecule is O=C([O-])c1cc([N+](=O)[O-])ccc1N1CCOCC1. The second-order valence-electron chi connectivity index (χ2n) is 3.85. The zero-order valence-electron chi connectivity index (χ0n) is 9.50. The molecule has 0 atom stereocenters. The summed E-state index contributed by atoms with van der Waals surface area (Å²) in [6.45, 7) is 2.11. The number of carboxylic acid groups (broad SMARTS) is 1. The first-order chi connectivity index (χ1) is 8.59. The first kappa shape index (κ1) is 12.3. The summed E-state index contributed by atoms with van der Waals surface area (Å²) in [6, 6.07) is 3.76. The summed E-state index contributed by atoms with van der Waals surface area (Å²) >= 11 is 0. The number of hydrogen-bond donors (Lipinski definition) is 0. The lowest BCUT2D eigenvalue weighted by molar-refractivity contribution is -0.385. The first-order valence-electron chi connectivity index (χ1n) is 5.42. The van der Waals surface area contributed by atoms with Crippen LogP contribution in [0.3, 0.4) is 0 Å². The van der Waals surface area contributed by atoms with E-state index in [1.807, 2.05) is 4.90 Å². The molecule has 1 saturated heterocycles. The maximum Gasteiger partial charge on any atom is 0.270 e. The Hall–Kier alpha value is -2.15. The maximum atomic E-state index is 11.0. The van der Waals surface area contributed by atoms with E-state index in [0.29, 0.717) is 32.0 Å². The summed E-state index contributed by atoms with van der Waals surface area (Å²) in [4.78, 5) is 22.9. The van der Waals surface area contributed by atoms with Crippen LogP contribution >= 0.6 is 0 Å². The van der Waals surface area contributed by atoms with Crippen molar-refractivity contribution in [2.45, 2.75) is 0 Å². The normalized spacial score (nSPS) is 15.4. The molecule has 2 rings (SSSR count). The van der Waals surface area contributed by atoms with Crippen molar-refractivity contribution in [3.8, 4) is 0 Å². The highest BCUT2D eigenvalue weighted by Crippen LogP contribution is 2.25. The summed E-state index contributed by atoms with van der Waals surface area (Å²) in [5.74, 6) is -1.42. The lowest BCUT2D eigenvalue weighted by atomic mass is 10.1. The average molecular weight is 251 g/mol. The summed E-state index contributed by atoms with van der Waals surface area (Å²) in [6.07, 6.45) is 0. The van der Waals surface area contributed by atoms with E-state index in [1.54, 1.807) is 0 Å². The minimum absolute atomic E-state index is 0.161. The van der Waals surface area contributed by atoms with Crippen LogP contribution in [-0.2, 0) is 4.74 Å². The predicted molar refractivity (Wildman–Crippen MR) is 60.5 cm³/mol. The zero-order valence-corrected chi connectivity index (χ0v) is 9.50. The Bertz CT molecular complexity index is 482. The van der Waals surface area contributed by atoms with E-state index in [1.165, 1.54) is 12.1 Å². The molecule has 0 spiro atoms. The third kappa shape index (κ3) is 2.40. The van der Waals surface area contributed by atoms with E-state index in [-0.39, 0.29) is 11.3 Å². The fraction of sp³-hybridized carbons (Fsp3) is 0.364. The Morgan fingerprint density at radius 1 is 1.33 bits per heavy atom. The number of nitrogens with zero attached hydrogens (tertiary/aromatic N) is 2. The Morgan fingerprint density at radius 3 is 2.56 bits per heavy atom. The number of nitro groups is 1. The van der Waals surface area contributed by atoms with Gasteiger partial charge in [-0.3, -0.25) is 10.1 Å². The number of ether oxygens (including phenoxy) is 1. The van der Waals surface area contributed by atoms with Gasteiger partial charge >= 0.3 is 0 Å². The second-order valence-corrected chi connectivity index (χ2v) is 3.85. The molecule has 1 aliphatic heterocycles. The largest absolute Gasteiger partial charge is 0.545 e. The molecule has 0 unspecified atom stereocenters. The molecule has 1 fully saturated rings. The van der Waals surface area contributed by atoms with Crippen LogP contribution in [0.15, 0.2) is 18.2 Å². The first-order valence-corrected chi connectivity index (χ1v) is 5.42. The van der Waals surface area contributed by atoms with E-state index >= 15 is 0 Å². The fourth-order valence-corrected chi connectivity index (χ4v) is 1.88. The summed E-state index contributed by atoms with van der Waals surface area (Å²) in [7, 11) is 0. The third-order valence-corrected chi connectivity index (χ3v) is 2.76. The van der Waals surface area contributed by atoms with Crippen molar-refractivity contribution in [2.75, 3.05) is 31.2 Å². The molecule has 7 heteroatoms. The van der Waals surface area contributed by atoms with Crippen LogP contribution in [0, 0.1) is 10.1 Å². The Balaban J connectivity index is 2.39. The van der Waals surface area contributed by atoms with E-state index in [9.17, 15) is 20.0 Å². The smallest absolute Gasteiger partial charge is 0.270 e. The molecule has 1 aromatic carbocycles. The van der Waals surface area contributed by atoms with Gasteiger partial charge in [0.15, 0.2) is 0 Å². The van der Waals surface area contributed by atoms with Crippen LogP contribution in [0.1, 0.15) is 10.4 Å². The molecule has 0 aliphatic carbocycles. The van der Waals surface area contributed by atoms with E-state index in [0.717, 1.165) is 6.07 Å². The van der Waals surface area contributed by atoms with Crippen LogP contribution in [0.25, 0.3) is 0 Å². The van der Waals surface area contributed by atoms with Gasteiger partial charge in [-0.1, -0.05) is 0 Å². The summed E-state index contributed by atoms with van der Waals surface area (Å²) in [5, 5.41) is 21.7. The van der Waals surface area contributed by atoms with Crippen molar-refractivity contribution in [1.29, 1.82) is 0 Å². The number of non-ortho nitro benzene ring substituents is 1. The predicted octanol–water partition coefficient (Wildman–Crippen LogP) is -0.205. The molecule has 1 heterocycles. The molecule has 0 N–H and O–H groups in total. The molecule has 0 amide bonds. The molecule has 0 aromatic heterocycles. The molecule has 18 heavy (non-hydrogen) atoms. The number of nitro benzene ring substituents is 1. The van der Waals surface area contributed by atoms with Gasteiger partial charge in [-0.2, -0.15) is 0 Å². The lowest BCUT2D eigenvalue weighted by Crippen LogP contribution is -2.38. The number of rotatable bonds is 3. The standard InChI is InChI=1S/C11H12N2O5/c14-11(15)9-7-8(13(16)17)1-2-10(9)12-3-5-18-6-4-12/h1-2,7H,3-6H2,(H,14,15)/p-1. The van der Waals surface area contributed by atoms with Gasteiger partial charge in [0.2, 0.25) is 0 Å². The van der Waals surface area contributed by atoms with Crippen LogP contribution in [-0.4, -0.2) is 37.2 Å². The number of carboxylic acids is 1. The highest BCUT2D eigenvalue weighted by Gasteiger charge is 2.18. The van der Waals surface area contributed by atoms with Gasteiger partial charge in [0.1, 0.15) is 0 Å². The van der Waals surface area contributed by atoms with Gasteiger partial charge in [0, 0.05) is 36.5 Å². The summed E-state index contributed by atoms with van der Waals surface area (Å²) < 4.78 is 5.17. The van der Waals surface area contributed by atoms with E-state index in [2.05, 4.69) is 0 Å². The molecule has 7 nitrogen and oxygen atoms in total. The average Bonchev–Trinajstić information content (AvgIpc) is 2.39. The van der Waals surface area contributed by atoms with Gasteiger partial charge in [-0.25, -0.2) is 0 Å². The van der Waals surface area contributed by atoms with E-state index in [4.69, 9.17) is 4.74 Å². The molecule has 1 aliphatic rings. The minimum atomic E-state index is -1.42. The molecule has 0 bridgehead atoms. The van der Waals surface area contributed by atoms with Crippen LogP contribution < -0.4 is 10.0 Å². The number of carbonyl (C=O) groups is 1. The van der Waals surface area contributed by atoms with Crippen molar-refractivity contribution in [3.63, 3.8) is 0 Å². The van der Waals surface area contributed by atoms with Crippen molar-refractivity contribution in [1.82, 2.24) is 0 Å². The minimum Gasteiger partial charge on any atom is -0.545 e. The number of carbonyl (C=O) groups excluding carboxylic acids is 1. The van der Waals surface area contributed by atoms with E-state index < -0.39 is 10.9 Å². The van der Waals surface area contributed by atoms with Crippen molar-refractivity contribution < 1.29 is 19.6 Å². The Kier molecular flexibility index (Phi) is 3.42. The lowest BCUT2D eigenvalue weighted by Gasteiger charge is -2.30. The van der Waals surface area contributed by atoms with Crippen LogP contribution in [0.2, 0.25) is 0 Å². The number of morpholine rings is 1. The number of anilines is 1. The molecule has 96 valence electrons. The molecular formula is C11H11N2O5-. The van der Waals surface area contributed by atoms with Gasteiger partial charge in [0.05, 0.1) is 24.1 Å². The van der Waals surface area contributed by atoms with Gasteiger partial charge < -0.3 is 19.5 Å². The maximum absolute atomic E-state index is 11.0. The molecular weight excluding hydrogens is 240 g/mol. The molecule has 0 saturated carbocycles. The van der Waals surface area contributed by atoms with Gasteiger partial charge in [-0.05, 0) is 6.07 Å². The van der Waals surface area contributed by atoms with Crippen LogP contribution in [0.4, 0.5) is 11.4 Å². The molecule has 0 radical (unpaired) electrons. The Morgan fingerprint density at radius 2 is 2.00 bits per heavy atom. The highest BCUT2D eigenvalue weighted by atomic mass is 16.6.